The Balaban J connectivity index is 3.66. The topological polar surface area (TPSA) is 180 Å². The molecule has 29 heavy (non-hydrogen) atoms. The summed E-state index contributed by atoms with van der Waals surface area (Å²) in [5.74, 6) is -4.25. The minimum absolute atomic E-state index is 0.848. The van der Waals surface area contributed by atoms with E-state index >= 15 is 0 Å². The van der Waals surface area contributed by atoms with Crippen molar-refractivity contribution in [1.82, 2.24) is 0 Å². The number of carbonyl (C=O) groups is 5. The lowest BCUT2D eigenvalue weighted by atomic mass is 9.82. The van der Waals surface area contributed by atoms with Gasteiger partial charge in [-0.15, -0.1) is 0 Å². The molecule has 0 heterocycles. The quantitative estimate of drug-likeness (QED) is 0.193. The van der Waals surface area contributed by atoms with Gasteiger partial charge in [0.05, 0.1) is 0 Å². The molecule has 0 aliphatic heterocycles. The van der Waals surface area contributed by atoms with Gasteiger partial charge in [-0.25, -0.2) is 0 Å². The number of azide groups is 1. The molecule has 1 aliphatic carbocycles. The third-order valence-electron chi connectivity index (χ3n) is 3.66. The van der Waals surface area contributed by atoms with Gasteiger partial charge in [0.1, 0.15) is 6.04 Å². The van der Waals surface area contributed by atoms with E-state index in [1.165, 1.54) is 0 Å². The van der Waals surface area contributed by atoms with Gasteiger partial charge in [0.15, 0.2) is 30.5 Å². The largest absolute Gasteiger partial charge is 0.458 e. The van der Waals surface area contributed by atoms with Crippen LogP contribution in [0.3, 0.4) is 0 Å². The predicted molar refractivity (Wildman–Crippen MR) is 90.7 cm³/mol. The molecular weight excluding hydrogens is 394 g/mol. The average Bonchev–Trinajstić information content (AvgIpc) is 2.55. The molecule has 0 aromatic heterocycles. The van der Waals surface area contributed by atoms with E-state index in [0.717, 1.165) is 34.6 Å². The highest BCUT2D eigenvalue weighted by atomic mass is 16.6. The summed E-state index contributed by atoms with van der Waals surface area (Å²) < 4.78 is 25.7. The highest BCUT2D eigenvalue weighted by molar-refractivity contribution is 5.70. The number of nitrogens with zero attached hydrogens (tertiary/aromatic N) is 3. The van der Waals surface area contributed by atoms with Gasteiger partial charge in [0, 0.05) is 39.5 Å². The van der Waals surface area contributed by atoms with E-state index in [-0.39, 0.29) is 0 Å². The lowest BCUT2D eigenvalue weighted by Gasteiger charge is -2.46. The minimum atomic E-state index is -1.53. The summed E-state index contributed by atoms with van der Waals surface area (Å²) in [6, 6.07) is -1.46. The van der Waals surface area contributed by atoms with Crippen LogP contribution in [0.5, 0.6) is 0 Å². The van der Waals surface area contributed by atoms with Crippen LogP contribution in [0.2, 0.25) is 0 Å². The Kier molecular flexibility index (Phi) is 8.39. The van der Waals surface area contributed by atoms with Crippen LogP contribution in [0.25, 0.3) is 10.4 Å². The zero-order valence-corrected chi connectivity index (χ0v) is 16.4. The van der Waals surface area contributed by atoms with Crippen molar-refractivity contribution >= 4 is 29.8 Å². The number of esters is 5. The molecule has 2 unspecified atom stereocenters. The van der Waals surface area contributed by atoms with Gasteiger partial charge in [0.25, 0.3) is 0 Å². The van der Waals surface area contributed by atoms with Crippen molar-refractivity contribution < 1.29 is 47.7 Å². The zero-order valence-electron chi connectivity index (χ0n) is 16.4. The summed E-state index contributed by atoms with van der Waals surface area (Å²) >= 11 is 0. The number of rotatable bonds is 6. The summed E-state index contributed by atoms with van der Waals surface area (Å²) in [6.45, 7) is 5.20. The number of hydrogen-bond acceptors (Lipinski definition) is 11. The molecule has 0 spiro atoms. The van der Waals surface area contributed by atoms with Crippen LogP contribution >= 0.6 is 0 Å². The van der Waals surface area contributed by atoms with Crippen LogP contribution < -0.4 is 0 Å². The SMILES string of the molecule is CC(=O)OC1[C@H](OC(C)=O)[C@H](OC(C)=O)C(N=[N+]=[N-])[C@H](OC(C)=O)[C@H]1OC(C)=O. The van der Waals surface area contributed by atoms with Gasteiger partial charge in [-0.2, -0.15) is 0 Å². The van der Waals surface area contributed by atoms with E-state index in [1.54, 1.807) is 0 Å². The van der Waals surface area contributed by atoms with Crippen LogP contribution in [0.4, 0.5) is 0 Å². The fourth-order valence-corrected chi connectivity index (χ4v) is 2.96. The lowest BCUT2D eigenvalue weighted by Crippen LogP contribution is -2.67. The van der Waals surface area contributed by atoms with E-state index in [0.29, 0.717) is 0 Å². The van der Waals surface area contributed by atoms with Crippen molar-refractivity contribution in [3.8, 4) is 0 Å². The molecule has 0 aromatic rings. The van der Waals surface area contributed by atoms with E-state index in [4.69, 9.17) is 29.2 Å². The molecule has 0 saturated heterocycles. The van der Waals surface area contributed by atoms with Gasteiger partial charge >= 0.3 is 29.8 Å². The van der Waals surface area contributed by atoms with Crippen LogP contribution in [0.1, 0.15) is 34.6 Å². The van der Waals surface area contributed by atoms with Crippen molar-refractivity contribution in [2.75, 3.05) is 0 Å². The normalized spacial score (nSPS) is 28.2. The first-order valence-corrected chi connectivity index (χ1v) is 8.38. The maximum atomic E-state index is 11.6. The monoisotopic (exact) mass is 415 g/mol. The Hall–Kier alpha value is -3.34. The summed E-state index contributed by atoms with van der Waals surface area (Å²) in [7, 11) is 0. The second-order valence-corrected chi connectivity index (χ2v) is 6.07. The van der Waals surface area contributed by atoms with Crippen molar-refractivity contribution in [3.05, 3.63) is 10.4 Å². The Bertz CT molecular complexity index is 688. The van der Waals surface area contributed by atoms with Crippen molar-refractivity contribution in [2.45, 2.75) is 71.2 Å². The Morgan fingerprint density at radius 1 is 0.586 bits per heavy atom. The molecule has 13 heteroatoms. The summed E-state index contributed by atoms with van der Waals surface area (Å²) in [5.41, 5.74) is 8.95. The standard InChI is InChI=1S/C16H21N3O10/c1-6(20)25-12-11(18-19-17)13(26-7(2)21)15(28-9(4)23)16(29-10(5)24)14(12)27-8(3)22/h11-16H,1-5H3/t11?,12-,13+,14-,15-,16?/m1/s1. The maximum Gasteiger partial charge on any atom is 0.303 e. The van der Waals surface area contributed by atoms with Gasteiger partial charge in [-0.1, -0.05) is 5.11 Å². The van der Waals surface area contributed by atoms with E-state index in [1.807, 2.05) is 0 Å². The first-order valence-electron chi connectivity index (χ1n) is 8.38. The molecule has 1 rings (SSSR count). The molecule has 0 bridgehead atoms. The second kappa shape index (κ2) is 10.3. The molecule has 0 radical (unpaired) electrons. The minimum Gasteiger partial charge on any atom is -0.458 e. The molecule has 0 aromatic carbocycles. The van der Waals surface area contributed by atoms with E-state index in [9.17, 15) is 24.0 Å². The highest BCUT2D eigenvalue weighted by Crippen LogP contribution is 2.34. The molecule has 0 amide bonds. The average molecular weight is 415 g/mol. The molecular formula is C16H21N3O10. The van der Waals surface area contributed by atoms with Crippen molar-refractivity contribution in [3.63, 3.8) is 0 Å². The summed E-state index contributed by atoms with van der Waals surface area (Å²) in [4.78, 5) is 60.8. The van der Waals surface area contributed by atoms with Gasteiger partial charge in [0.2, 0.25) is 0 Å². The summed E-state index contributed by atoms with van der Waals surface area (Å²) in [6.07, 6.45) is -7.58. The van der Waals surface area contributed by atoms with Gasteiger partial charge in [-0.3, -0.25) is 24.0 Å². The van der Waals surface area contributed by atoms with Crippen LogP contribution in [-0.4, -0.2) is 66.4 Å². The fraction of sp³-hybridized carbons (Fsp3) is 0.688. The fourth-order valence-electron chi connectivity index (χ4n) is 2.96. The molecule has 13 nitrogen and oxygen atoms in total. The Labute approximate surface area is 165 Å². The van der Waals surface area contributed by atoms with Crippen molar-refractivity contribution in [2.24, 2.45) is 5.11 Å². The third kappa shape index (κ3) is 6.64. The molecule has 1 aliphatic rings. The number of hydrogen-bond donors (Lipinski definition) is 0. The van der Waals surface area contributed by atoms with E-state index in [2.05, 4.69) is 10.0 Å². The van der Waals surface area contributed by atoms with Crippen LogP contribution in [0, 0.1) is 0 Å². The number of ether oxygens (including phenoxy) is 5. The first-order chi connectivity index (χ1) is 13.5. The molecule has 1 saturated carbocycles. The smallest absolute Gasteiger partial charge is 0.303 e. The molecule has 0 N–H and O–H groups in total. The van der Waals surface area contributed by atoms with Crippen molar-refractivity contribution in [1.29, 1.82) is 0 Å². The first kappa shape index (κ1) is 23.7. The van der Waals surface area contributed by atoms with Gasteiger partial charge < -0.3 is 23.7 Å². The molecule has 6 atom stereocenters. The zero-order chi connectivity index (χ0) is 22.3. The predicted octanol–water partition coefficient (Wildman–Crippen LogP) is 0.337. The Morgan fingerprint density at radius 3 is 1.07 bits per heavy atom. The summed E-state index contributed by atoms with van der Waals surface area (Å²) in [5, 5.41) is 3.48. The lowest BCUT2D eigenvalue weighted by molar-refractivity contribution is -0.234. The Morgan fingerprint density at radius 2 is 0.828 bits per heavy atom. The third-order valence-corrected chi connectivity index (χ3v) is 3.66. The molecule has 1 fully saturated rings. The highest BCUT2D eigenvalue weighted by Gasteiger charge is 2.58. The maximum absolute atomic E-state index is 11.6. The van der Waals surface area contributed by atoms with Gasteiger partial charge in [-0.05, 0) is 5.53 Å². The second-order valence-electron chi connectivity index (χ2n) is 6.07. The molecule has 160 valence electrons. The van der Waals surface area contributed by atoms with Crippen LogP contribution in [-0.2, 0) is 47.7 Å². The van der Waals surface area contributed by atoms with Crippen LogP contribution in [0.15, 0.2) is 5.11 Å². The van der Waals surface area contributed by atoms with E-state index < -0.39 is 66.4 Å². The number of carbonyl (C=O) groups excluding carboxylic acids is 5.